The van der Waals surface area contributed by atoms with Crippen LogP contribution >= 0.6 is 0 Å². The number of benzene rings is 2. The predicted molar refractivity (Wildman–Crippen MR) is 103 cm³/mol. The Labute approximate surface area is 154 Å². The fourth-order valence-electron chi connectivity index (χ4n) is 3.01. The van der Waals surface area contributed by atoms with E-state index < -0.39 is 0 Å². The molecular weight excluding hydrogens is 344 g/mol. The van der Waals surface area contributed by atoms with E-state index in [1.807, 2.05) is 12.1 Å². The van der Waals surface area contributed by atoms with Crippen LogP contribution in [-0.4, -0.2) is 20.9 Å². The zero-order valence-corrected chi connectivity index (χ0v) is 14.8. The molecule has 2 aromatic heterocycles. The summed E-state index contributed by atoms with van der Waals surface area (Å²) >= 11 is 0. The number of hydrogen-bond donors (Lipinski definition) is 2. The molecule has 2 heterocycles. The summed E-state index contributed by atoms with van der Waals surface area (Å²) in [6.45, 7) is 1.78. The van der Waals surface area contributed by atoms with Crippen molar-refractivity contribution in [1.29, 1.82) is 0 Å². The maximum atomic E-state index is 12.2. The molecule has 0 saturated heterocycles. The molecule has 7 nitrogen and oxygen atoms in total. The van der Waals surface area contributed by atoms with Gasteiger partial charge in [0.1, 0.15) is 11.3 Å². The smallest absolute Gasteiger partial charge is 0.258 e. The predicted octanol–water partition coefficient (Wildman–Crippen LogP) is 3.33. The van der Waals surface area contributed by atoms with Crippen molar-refractivity contribution in [1.82, 2.24) is 15.0 Å². The Kier molecular flexibility index (Phi) is 4.42. The number of amides is 1. The Hall–Kier alpha value is -3.48. The highest BCUT2D eigenvalue weighted by atomic mass is 16.3. The van der Waals surface area contributed by atoms with E-state index in [1.165, 1.54) is 0 Å². The number of H-pyrrole nitrogens is 1. The van der Waals surface area contributed by atoms with E-state index in [-0.39, 0.29) is 11.5 Å². The Morgan fingerprint density at radius 2 is 2.00 bits per heavy atom. The van der Waals surface area contributed by atoms with Gasteiger partial charge in [-0.15, -0.1) is 0 Å². The third-order valence-corrected chi connectivity index (χ3v) is 4.26. The molecule has 0 aliphatic rings. The number of hydrogen-bond acceptors (Lipinski definition) is 5. The van der Waals surface area contributed by atoms with E-state index in [0.29, 0.717) is 58.7 Å². The molecule has 0 fully saturated rings. The third-order valence-electron chi connectivity index (χ3n) is 4.26. The summed E-state index contributed by atoms with van der Waals surface area (Å²) in [5.41, 5.74) is 2.59. The van der Waals surface area contributed by atoms with Gasteiger partial charge in [0, 0.05) is 25.5 Å². The Morgan fingerprint density at radius 1 is 1.15 bits per heavy atom. The largest absolute Gasteiger partial charge is 0.441 e. The fourth-order valence-corrected chi connectivity index (χ4v) is 3.01. The van der Waals surface area contributed by atoms with E-state index in [9.17, 15) is 9.59 Å². The van der Waals surface area contributed by atoms with E-state index in [0.717, 1.165) is 0 Å². The lowest BCUT2D eigenvalue weighted by Gasteiger charge is -2.05. The minimum absolute atomic E-state index is 0.0993. The molecule has 0 radical (unpaired) electrons. The normalized spacial score (nSPS) is 11.1. The lowest BCUT2D eigenvalue weighted by atomic mass is 10.2. The summed E-state index contributed by atoms with van der Waals surface area (Å²) in [5, 5.41) is 3.42. The molecular formula is C20H18N4O3. The SMILES string of the molecule is Cc1nc2cc(NC(=O)CCCc3nc4ccccc4c(=O)[nH]3)ccc2o1. The molecule has 4 aromatic rings. The number of aryl methyl sites for hydroxylation is 2. The van der Waals surface area contributed by atoms with Crippen molar-refractivity contribution < 1.29 is 9.21 Å². The minimum Gasteiger partial charge on any atom is -0.441 e. The Morgan fingerprint density at radius 3 is 2.89 bits per heavy atom. The molecule has 136 valence electrons. The van der Waals surface area contributed by atoms with Crippen LogP contribution in [0.5, 0.6) is 0 Å². The van der Waals surface area contributed by atoms with Gasteiger partial charge in [-0.25, -0.2) is 9.97 Å². The van der Waals surface area contributed by atoms with Gasteiger partial charge in [-0.3, -0.25) is 9.59 Å². The van der Waals surface area contributed by atoms with Gasteiger partial charge in [0.25, 0.3) is 5.56 Å². The van der Waals surface area contributed by atoms with E-state index >= 15 is 0 Å². The van der Waals surface area contributed by atoms with Crippen LogP contribution in [0.1, 0.15) is 24.6 Å². The molecule has 0 aliphatic heterocycles. The first kappa shape index (κ1) is 17.0. The van der Waals surface area contributed by atoms with Gasteiger partial charge < -0.3 is 14.7 Å². The van der Waals surface area contributed by atoms with Gasteiger partial charge in [-0.2, -0.15) is 0 Å². The number of para-hydroxylation sites is 1. The molecule has 2 aromatic carbocycles. The van der Waals surface area contributed by atoms with Crippen molar-refractivity contribution in [2.24, 2.45) is 0 Å². The number of carbonyl (C=O) groups is 1. The number of carbonyl (C=O) groups excluding carboxylic acids is 1. The van der Waals surface area contributed by atoms with Crippen LogP contribution in [0.4, 0.5) is 5.69 Å². The molecule has 0 unspecified atom stereocenters. The van der Waals surface area contributed by atoms with Gasteiger partial charge in [-0.1, -0.05) is 12.1 Å². The average Bonchev–Trinajstić information content (AvgIpc) is 3.01. The van der Waals surface area contributed by atoms with Crippen LogP contribution in [-0.2, 0) is 11.2 Å². The van der Waals surface area contributed by atoms with Crippen LogP contribution in [0.15, 0.2) is 51.7 Å². The number of fused-ring (bicyclic) bond motifs is 2. The fraction of sp³-hybridized carbons (Fsp3) is 0.200. The van der Waals surface area contributed by atoms with Crippen LogP contribution in [0.25, 0.3) is 22.0 Å². The van der Waals surface area contributed by atoms with Crippen molar-refractivity contribution >= 4 is 33.6 Å². The number of nitrogens with one attached hydrogen (secondary N) is 2. The zero-order valence-electron chi connectivity index (χ0n) is 14.8. The first-order valence-electron chi connectivity index (χ1n) is 8.73. The molecule has 4 rings (SSSR count). The van der Waals surface area contributed by atoms with Crippen LogP contribution in [0.3, 0.4) is 0 Å². The molecule has 0 bridgehead atoms. The van der Waals surface area contributed by atoms with Gasteiger partial charge >= 0.3 is 0 Å². The lowest BCUT2D eigenvalue weighted by Crippen LogP contribution is -2.14. The highest BCUT2D eigenvalue weighted by molar-refractivity contribution is 5.92. The zero-order chi connectivity index (χ0) is 18.8. The molecule has 0 spiro atoms. The van der Waals surface area contributed by atoms with E-state index in [2.05, 4.69) is 20.3 Å². The molecule has 2 N–H and O–H groups in total. The second-order valence-electron chi connectivity index (χ2n) is 6.35. The molecule has 0 saturated carbocycles. The summed E-state index contributed by atoms with van der Waals surface area (Å²) in [6.07, 6.45) is 1.43. The number of anilines is 1. The topological polar surface area (TPSA) is 101 Å². The minimum atomic E-state index is -0.156. The third kappa shape index (κ3) is 3.72. The summed E-state index contributed by atoms with van der Waals surface area (Å²) < 4.78 is 5.42. The van der Waals surface area contributed by atoms with Crippen LogP contribution < -0.4 is 10.9 Å². The van der Waals surface area contributed by atoms with E-state index in [1.54, 1.807) is 37.3 Å². The molecule has 7 heteroatoms. The van der Waals surface area contributed by atoms with Crippen molar-refractivity contribution in [2.45, 2.75) is 26.2 Å². The number of oxazole rings is 1. The molecule has 0 atom stereocenters. The number of rotatable bonds is 5. The maximum absolute atomic E-state index is 12.2. The number of nitrogens with zero attached hydrogens (tertiary/aromatic N) is 2. The monoisotopic (exact) mass is 362 g/mol. The van der Waals surface area contributed by atoms with Crippen molar-refractivity contribution in [3.05, 3.63) is 64.5 Å². The average molecular weight is 362 g/mol. The first-order chi connectivity index (χ1) is 13.1. The van der Waals surface area contributed by atoms with Crippen molar-refractivity contribution in [3.8, 4) is 0 Å². The van der Waals surface area contributed by atoms with Crippen LogP contribution in [0, 0.1) is 6.92 Å². The van der Waals surface area contributed by atoms with Gasteiger partial charge in [0.15, 0.2) is 11.5 Å². The highest BCUT2D eigenvalue weighted by Crippen LogP contribution is 2.20. The van der Waals surface area contributed by atoms with E-state index in [4.69, 9.17) is 4.42 Å². The number of aromatic amines is 1. The number of aromatic nitrogens is 3. The van der Waals surface area contributed by atoms with Gasteiger partial charge in [0.2, 0.25) is 5.91 Å². The van der Waals surface area contributed by atoms with Crippen LogP contribution in [0.2, 0.25) is 0 Å². The Balaban J connectivity index is 1.37. The summed E-state index contributed by atoms with van der Waals surface area (Å²) in [7, 11) is 0. The van der Waals surface area contributed by atoms with Gasteiger partial charge in [-0.05, 0) is 36.8 Å². The van der Waals surface area contributed by atoms with Crippen molar-refractivity contribution in [2.75, 3.05) is 5.32 Å². The standard InChI is InChI=1S/C20H18N4O3/c1-12-21-16-11-13(9-10-17(16)27-12)22-19(25)8-4-7-18-23-15-6-3-2-5-14(15)20(26)24-18/h2-3,5-6,9-11H,4,7-8H2,1H3,(H,22,25)(H,23,24,26). The quantitative estimate of drug-likeness (QED) is 0.567. The first-order valence-corrected chi connectivity index (χ1v) is 8.73. The summed E-state index contributed by atoms with van der Waals surface area (Å²) in [4.78, 5) is 35.7. The second kappa shape index (κ2) is 7.03. The summed E-state index contributed by atoms with van der Waals surface area (Å²) in [6, 6.07) is 12.6. The summed E-state index contributed by atoms with van der Waals surface area (Å²) in [5.74, 6) is 1.08. The lowest BCUT2D eigenvalue weighted by molar-refractivity contribution is -0.116. The molecule has 1 amide bonds. The Bertz CT molecular complexity index is 1190. The molecule has 27 heavy (non-hydrogen) atoms. The highest BCUT2D eigenvalue weighted by Gasteiger charge is 2.08. The molecule has 0 aliphatic carbocycles. The maximum Gasteiger partial charge on any atom is 0.258 e. The second-order valence-corrected chi connectivity index (χ2v) is 6.35. The van der Waals surface area contributed by atoms with Gasteiger partial charge in [0.05, 0.1) is 10.9 Å². The van der Waals surface area contributed by atoms with Crippen molar-refractivity contribution in [3.63, 3.8) is 0 Å².